The van der Waals surface area contributed by atoms with Crippen molar-refractivity contribution in [1.82, 2.24) is 10.6 Å². The van der Waals surface area contributed by atoms with Gasteiger partial charge in [0, 0.05) is 12.6 Å². The Morgan fingerprint density at radius 1 is 1.22 bits per heavy atom. The van der Waals surface area contributed by atoms with Crippen molar-refractivity contribution < 1.29 is 9.90 Å². The van der Waals surface area contributed by atoms with Crippen molar-refractivity contribution >= 4 is 6.03 Å². The highest BCUT2D eigenvalue weighted by Gasteiger charge is 2.24. The Hall–Kier alpha value is -0.770. The lowest BCUT2D eigenvalue weighted by Crippen LogP contribution is -2.49. The predicted molar refractivity (Wildman–Crippen MR) is 73.5 cm³/mol. The van der Waals surface area contributed by atoms with Gasteiger partial charge in [-0.3, -0.25) is 0 Å². The summed E-state index contributed by atoms with van der Waals surface area (Å²) in [4.78, 5) is 11.7. The maximum Gasteiger partial charge on any atom is 0.315 e. The largest absolute Gasteiger partial charge is 0.388 e. The molecule has 0 aliphatic heterocycles. The second-order valence-corrected chi connectivity index (χ2v) is 5.72. The average molecular weight is 256 g/mol. The van der Waals surface area contributed by atoms with Gasteiger partial charge in [-0.2, -0.15) is 0 Å². The Labute approximate surface area is 111 Å². The molecule has 4 nitrogen and oxygen atoms in total. The summed E-state index contributed by atoms with van der Waals surface area (Å²) in [5, 5.41) is 15.9. The standard InChI is InChI=1S/C14H28N2O2/c1-4-14(18,5-2)10-15-13(17)16-12-8-6-11(3)7-9-12/h11-12,18H,4-10H2,1-3H3,(H2,15,16,17). The molecule has 0 saturated heterocycles. The van der Waals surface area contributed by atoms with E-state index in [2.05, 4.69) is 17.6 Å². The smallest absolute Gasteiger partial charge is 0.315 e. The second kappa shape index (κ2) is 6.98. The van der Waals surface area contributed by atoms with Crippen molar-refractivity contribution in [1.29, 1.82) is 0 Å². The summed E-state index contributed by atoms with van der Waals surface area (Å²) in [6.07, 6.45) is 5.84. The summed E-state index contributed by atoms with van der Waals surface area (Å²) in [5.74, 6) is 0.788. The van der Waals surface area contributed by atoms with Crippen LogP contribution in [0.4, 0.5) is 4.79 Å². The zero-order chi connectivity index (χ0) is 13.6. The molecule has 0 spiro atoms. The fourth-order valence-corrected chi connectivity index (χ4v) is 2.39. The molecule has 0 unspecified atom stereocenters. The SMILES string of the molecule is CCC(O)(CC)CNC(=O)NC1CCC(C)CC1. The van der Waals surface area contributed by atoms with Crippen LogP contribution in [0, 0.1) is 5.92 Å². The number of urea groups is 1. The molecule has 1 fully saturated rings. The van der Waals surface area contributed by atoms with Crippen LogP contribution in [0.2, 0.25) is 0 Å². The third-order valence-corrected chi connectivity index (χ3v) is 4.25. The van der Waals surface area contributed by atoms with E-state index in [0.717, 1.165) is 18.8 Å². The van der Waals surface area contributed by atoms with Gasteiger partial charge in [-0.25, -0.2) is 4.79 Å². The van der Waals surface area contributed by atoms with Gasteiger partial charge >= 0.3 is 6.03 Å². The summed E-state index contributed by atoms with van der Waals surface area (Å²) in [6, 6.07) is 0.160. The highest BCUT2D eigenvalue weighted by Crippen LogP contribution is 2.23. The Balaban J connectivity index is 2.25. The molecule has 4 heteroatoms. The molecule has 0 aromatic carbocycles. The molecule has 0 radical (unpaired) electrons. The van der Waals surface area contributed by atoms with Crippen LogP contribution in [0.5, 0.6) is 0 Å². The van der Waals surface area contributed by atoms with Gasteiger partial charge in [-0.05, 0) is 44.4 Å². The number of rotatable bonds is 5. The first-order valence-electron chi connectivity index (χ1n) is 7.26. The van der Waals surface area contributed by atoms with E-state index in [1.807, 2.05) is 13.8 Å². The number of aliphatic hydroxyl groups is 1. The summed E-state index contributed by atoms with van der Waals surface area (Å²) in [7, 11) is 0. The number of carbonyl (C=O) groups is 1. The Kier molecular flexibility index (Phi) is 5.93. The van der Waals surface area contributed by atoms with E-state index in [1.54, 1.807) is 0 Å². The first-order chi connectivity index (χ1) is 8.49. The number of nitrogens with one attached hydrogen (secondary N) is 2. The summed E-state index contributed by atoms with van der Waals surface area (Å²) < 4.78 is 0. The maximum atomic E-state index is 11.7. The number of carbonyl (C=O) groups excluding carboxylic acids is 1. The fraction of sp³-hybridized carbons (Fsp3) is 0.929. The van der Waals surface area contributed by atoms with Crippen molar-refractivity contribution in [3.63, 3.8) is 0 Å². The summed E-state index contributed by atoms with van der Waals surface area (Å²) >= 11 is 0. The van der Waals surface area contributed by atoms with Crippen molar-refractivity contribution in [3.8, 4) is 0 Å². The quantitative estimate of drug-likeness (QED) is 0.707. The molecule has 1 rings (SSSR count). The molecule has 0 aromatic heterocycles. The first kappa shape index (κ1) is 15.3. The topological polar surface area (TPSA) is 61.4 Å². The zero-order valence-electron chi connectivity index (χ0n) is 12.0. The molecule has 1 aliphatic rings. The third-order valence-electron chi connectivity index (χ3n) is 4.25. The lowest BCUT2D eigenvalue weighted by Gasteiger charge is -2.29. The lowest BCUT2D eigenvalue weighted by atomic mass is 9.87. The van der Waals surface area contributed by atoms with E-state index in [-0.39, 0.29) is 6.03 Å². The van der Waals surface area contributed by atoms with E-state index in [0.29, 0.717) is 25.4 Å². The van der Waals surface area contributed by atoms with E-state index < -0.39 is 5.60 Å². The minimum Gasteiger partial charge on any atom is -0.388 e. The average Bonchev–Trinajstić information content (AvgIpc) is 2.39. The molecular formula is C14H28N2O2. The highest BCUT2D eigenvalue weighted by molar-refractivity contribution is 5.74. The lowest BCUT2D eigenvalue weighted by molar-refractivity contribution is 0.0348. The predicted octanol–water partition coefficient (Wildman–Crippen LogP) is 2.42. The molecule has 1 aliphatic carbocycles. The normalized spacial score (nSPS) is 24.7. The van der Waals surface area contributed by atoms with E-state index in [9.17, 15) is 9.90 Å². The molecular weight excluding hydrogens is 228 g/mol. The van der Waals surface area contributed by atoms with Crippen LogP contribution >= 0.6 is 0 Å². The van der Waals surface area contributed by atoms with Crippen LogP contribution in [0.15, 0.2) is 0 Å². The number of amides is 2. The highest BCUT2D eigenvalue weighted by atomic mass is 16.3. The third kappa shape index (κ3) is 4.84. The van der Waals surface area contributed by atoms with Gasteiger partial charge in [0.25, 0.3) is 0 Å². The zero-order valence-corrected chi connectivity index (χ0v) is 12.0. The van der Waals surface area contributed by atoms with Crippen LogP contribution < -0.4 is 10.6 Å². The van der Waals surface area contributed by atoms with Gasteiger partial charge in [-0.15, -0.1) is 0 Å². The maximum absolute atomic E-state index is 11.7. The van der Waals surface area contributed by atoms with Gasteiger partial charge in [0.05, 0.1) is 5.60 Å². The molecule has 0 atom stereocenters. The molecule has 0 aromatic rings. The molecule has 1 saturated carbocycles. The summed E-state index contributed by atoms with van der Waals surface area (Å²) in [6.45, 7) is 6.46. The van der Waals surface area contributed by atoms with Crippen LogP contribution in [0.1, 0.15) is 59.3 Å². The minimum absolute atomic E-state index is 0.144. The van der Waals surface area contributed by atoms with Crippen LogP contribution in [0.3, 0.4) is 0 Å². The number of hydrogen-bond donors (Lipinski definition) is 3. The van der Waals surface area contributed by atoms with Crippen molar-refractivity contribution in [3.05, 3.63) is 0 Å². The monoisotopic (exact) mass is 256 g/mol. The van der Waals surface area contributed by atoms with Gasteiger partial charge in [0.15, 0.2) is 0 Å². The Morgan fingerprint density at radius 2 is 1.78 bits per heavy atom. The Morgan fingerprint density at radius 3 is 2.28 bits per heavy atom. The molecule has 18 heavy (non-hydrogen) atoms. The van der Waals surface area contributed by atoms with Gasteiger partial charge in [-0.1, -0.05) is 20.8 Å². The molecule has 3 N–H and O–H groups in total. The molecule has 0 bridgehead atoms. The molecule has 2 amide bonds. The Bertz CT molecular complexity index is 257. The van der Waals surface area contributed by atoms with E-state index in [4.69, 9.17) is 0 Å². The van der Waals surface area contributed by atoms with Gasteiger partial charge < -0.3 is 15.7 Å². The van der Waals surface area contributed by atoms with Crippen molar-refractivity contribution in [2.24, 2.45) is 5.92 Å². The minimum atomic E-state index is -0.765. The van der Waals surface area contributed by atoms with Crippen LogP contribution in [-0.4, -0.2) is 29.3 Å². The number of hydrogen-bond acceptors (Lipinski definition) is 2. The van der Waals surface area contributed by atoms with E-state index >= 15 is 0 Å². The van der Waals surface area contributed by atoms with E-state index in [1.165, 1.54) is 12.8 Å². The van der Waals surface area contributed by atoms with Crippen molar-refractivity contribution in [2.45, 2.75) is 70.9 Å². The van der Waals surface area contributed by atoms with Crippen LogP contribution in [0.25, 0.3) is 0 Å². The molecule has 0 heterocycles. The summed E-state index contributed by atoms with van der Waals surface area (Å²) in [5.41, 5.74) is -0.765. The second-order valence-electron chi connectivity index (χ2n) is 5.72. The first-order valence-corrected chi connectivity index (χ1v) is 7.26. The van der Waals surface area contributed by atoms with Gasteiger partial charge in [0.1, 0.15) is 0 Å². The van der Waals surface area contributed by atoms with Crippen LogP contribution in [-0.2, 0) is 0 Å². The fourth-order valence-electron chi connectivity index (χ4n) is 2.39. The van der Waals surface area contributed by atoms with Crippen molar-refractivity contribution in [2.75, 3.05) is 6.54 Å². The molecule has 106 valence electrons. The van der Waals surface area contributed by atoms with Gasteiger partial charge in [0.2, 0.25) is 0 Å².